The number of nitrogens with one attached hydrogen (secondary N) is 1. The minimum atomic E-state index is -2.88. The lowest BCUT2D eigenvalue weighted by Crippen LogP contribution is -2.34. The Morgan fingerprint density at radius 2 is 2.29 bits per heavy atom. The molecular formula is C12H18N2O2S. The first-order valence-electron chi connectivity index (χ1n) is 5.96. The van der Waals surface area contributed by atoms with Crippen molar-refractivity contribution in [3.8, 4) is 0 Å². The molecule has 4 nitrogen and oxygen atoms in total. The SMILES string of the molecule is Cc1cc(NCC2CCCCS2(=O)=O)ccn1. The van der Waals surface area contributed by atoms with Crippen LogP contribution in [0.5, 0.6) is 0 Å². The third kappa shape index (κ3) is 3.19. The quantitative estimate of drug-likeness (QED) is 0.893. The first-order valence-corrected chi connectivity index (χ1v) is 7.67. The van der Waals surface area contributed by atoms with Crippen molar-refractivity contribution in [2.24, 2.45) is 0 Å². The molecular weight excluding hydrogens is 236 g/mol. The zero-order valence-electron chi connectivity index (χ0n) is 10.0. The fourth-order valence-corrected chi connectivity index (χ4v) is 3.94. The zero-order valence-corrected chi connectivity index (χ0v) is 10.8. The van der Waals surface area contributed by atoms with Gasteiger partial charge in [0.15, 0.2) is 9.84 Å². The molecule has 0 aliphatic carbocycles. The van der Waals surface area contributed by atoms with E-state index >= 15 is 0 Å². The van der Waals surface area contributed by atoms with Gasteiger partial charge >= 0.3 is 0 Å². The monoisotopic (exact) mass is 254 g/mol. The Bertz CT molecular complexity index is 485. The molecule has 5 heteroatoms. The molecule has 0 spiro atoms. The molecule has 1 aromatic heterocycles. The van der Waals surface area contributed by atoms with Gasteiger partial charge in [0.25, 0.3) is 0 Å². The van der Waals surface area contributed by atoms with E-state index < -0.39 is 9.84 Å². The predicted molar refractivity (Wildman–Crippen MR) is 68.9 cm³/mol. The second-order valence-corrected chi connectivity index (χ2v) is 6.95. The molecule has 2 heterocycles. The van der Waals surface area contributed by atoms with Gasteiger partial charge in [-0.15, -0.1) is 0 Å². The summed E-state index contributed by atoms with van der Waals surface area (Å²) >= 11 is 0. The Labute approximate surface area is 102 Å². The Morgan fingerprint density at radius 1 is 1.47 bits per heavy atom. The second kappa shape index (κ2) is 5.04. The van der Waals surface area contributed by atoms with Crippen LogP contribution in [-0.4, -0.2) is 30.9 Å². The lowest BCUT2D eigenvalue weighted by Gasteiger charge is -2.22. The zero-order chi connectivity index (χ0) is 12.3. The number of rotatable bonds is 3. The maximum absolute atomic E-state index is 11.8. The first-order chi connectivity index (χ1) is 8.08. The third-order valence-corrected chi connectivity index (χ3v) is 5.42. The molecule has 17 heavy (non-hydrogen) atoms. The Hall–Kier alpha value is -1.10. The molecule has 0 radical (unpaired) electrons. The number of aromatic nitrogens is 1. The summed E-state index contributed by atoms with van der Waals surface area (Å²) in [6.45, 7) is 2.42. The maximum atomic E-state index is 11.8. The normalized spacial score (nSPS) is 23.2. The molecule has 1 aliphatic heterocycles. The van der Waals surface area contributed by atoms with Crippen LogP contribution in [0.2, 0.25) is 0 Å². The minimum Gasteiger partial charge on any atom is -0.384 e. The van der Waals surface area contributed by atoms with Crippen molar-refractivity contribution < 1.29 is 8.42 Å². The van der Waals surface area contributed by atoms with Gasteiger partial charge in [-0.3, -0.25) is 4.98 Å². The minimum absolute atomic E-state index is 0.232. The Morgan fingerprint density at radius 3 is 3.00 bits per heavy atom. The molecule has 1 aliphatic rings. The van der Waals surface area contributed by atoms with E-state index in [-0.39, 0.29) is 5.25 Å². The van der Waals surface area contributed by atoms with Crippen molar-refractivity contribution in [1.29, 1.82) is 0 Å². The van der Waals surface area contributed by atoms with Gasteiger partial charge < -0.3 is 5.32 Å². The van der Waals surface area contributed by atoms with Crippen molar-refractivity contribution in [3.63, 3.8) is 0 Å². The van der Waals surface area contributed by atoms with E-state index in [1.807, 2.05) is 19.1 Å². The van der Waals surface area contributed by atoms with Crippen LogP contribution < -0.4 is 5.32 Å². The predicted octanol–water partition coefficient (Wildman–Crippen LogP) is 1.77. The second-order valence-electron chi connectivity index (χ2n) is 4.55. The van der Waals surface area contributed by atoms with Gasteiger partial charge in [-0.25, -0.2) is 8.42 Å². The van der Waals surface area contributed by atoms with Crippen LogP contribution in [0.25, 0.3) is 0 Å². The maximum Gasteiger partial charge on any atom is 0.154 e. The molecule has 1 N–H and O–H groups in total. The number of hydrogen-bond donors (Lipinski definition) is 1. The van der Waals surface area contributed by atoms with Crippen LogP contribution in [0.3, 0.4) is 0 Å². The molecule has 1 saturated heterocycles. The highest BCUT2D eigenvalue weighted by molar-refractivity contribution is 7.92. The van der Waals surface area contributed by atoms with Crippen LogP contribution in [0.15, 0.2) is 18.3 Å². The number of sulfone groups is 1. The van der Waals surface area contributed by atoms with E-state index in [0.29, 0.717) is 12.3 Å². The first kappa shape index (κ1) is 12.4. The highest BCUT2D eigenvalue weighted by Crippen LogP contribution is 2.20. The average Bonchev–Trinajstić information content (AvgIpc) is 2.27. The average molecular weight is 254 g/mol. The summed E-state index contributed by atoms with van der Waals surface area (Å²) in [7, 11) is -2.88. The van der Waals surface area contributed by atoms with Crippen LogP contribution in [0, 0.1) is 6.92 Å². The highest BCUT2D eigenvalue weighted by Gasteiger charge is 2.28. The Kier molecular flexibility index (Phi) is 3.66. The fraction of sp³-hybridized carbons (Fsp3) is 0.583. The lowest BCUT2D eigenvalue weighted by atomic mass is 10.2. The standard InChI is InChI=1S/C12H18N2O2S/c1-10-8-11(5-6-13-10)14-9-12-4-2-3-7-17(12,15)16/h5-6,8,12H,2-4,7,9H2,1H3,(H,13,14). The molecule has 1 fully saturated rings. The van der Waals surface area contributed by atoms with E-state index in [2.05, 4.69) is 10.3 Å². The largest absolute Gasteiger partial charge is 0.384 e. The van der Waals surface area contributed by atoms with E-state index in [0.717, 1.165) is 30.6 Å². The fourth-order valence-electron chi connectivity index (χ4n) is 2.14. The number of pyridine rings is 1. The molecule has 94 valence electrons. The molecule has 0 saturated carbocycles. The van der Waals surface area contributed by atoms with E-state index in [9.17, 15) is 8.42 Å². The van der Waals surface area contributed by atoms with Gasteiger partial charge in [0.2, 0.25) is 0 Å². The van der Waals surface area contributed by atoms with Crippen LogP contribution in [0.1, 0.15) is 25.0 Å². The van der Waals surface area contributed by atoms with Crippen molar-refractivity contribution in [2.75, 3.05) is 17.6 Å². The van der Waals surface area contributed by atoms with E-state index in [4.69, 9.17) is 0 Å². The third-order valence-electron chi connectivity index (χ3n) is 3.14. The van der Waals surface area contributed by atoms with Crippen molar-refractivity contribution >= 4 is 15.5 Å². The molecule has 1 unspecified atom stereocenters. The van der Waals surface area contributed by atoms with Crippen molar-refractivity contribution in [1.82, 2.24) is 4.98 Å². The topological polar surface area (TPSA) is 59.1 Å². The summed E-state index contributed by atoms with van der Waals surface area (Å²) < 4.78 is 23.6. The van der Waals surface area contributed by atoms with Gasteiger partial charge in [-0.2, -0.15) is 0 Å². The molecule has 0 amide bonds. The van der Waals surface area contributed by atoms with Crippen molar-refractivity contribution in [2.45, 2.75) is 31.4 Å². The van der Waals surface area contributed by atoms with E-state index in [1.54, 1.807) is 6.20 Å². The summed E-state index contributed by atoms with van der Waals surface area (Å²) in [5.41, 5.74) is 1.87. The van der Waals surface area contributed by atoms with Crippen molar-refractivity contribution in [3.05, 3.63) is 24.0 Å². The number of aryl methyl sites for hydroxylation is 1. The molecule has 1 atom stereocenters. The smallest absolute Gasteiger partial charge is 0.154 e. The molecule has 0 aromatic carbocycles. The summed E-state index contributed by atoms with van der Waals surface area (Å²) in [4.78, 5) is 4.10. The van der Waals surface area contributed by atoms with E-state index in [1.165, 1.54) is 0 Å². The van der Waals surface area contributed by atoms with Gasteiger partial charge in [0.05, 0.1) is 11.0 Å². The van der Waals surface area contributed by atoms with Gasteiger partial charge in [0, 0.05) is 24.1 Å². The Balaban J connectivity index is 1.98. The molecule has 1 aromatic rings. The van der Waals surface area contributed by atoms with Crippen LogP contribution in [-0.2, 0) is 9.84 Å². The van der Waals surface area contributed by atoms with Gasteiger partial charge in [-0.1, -0.05) is 6.42 Å². The number of hydrogen-bond acceptors (Lipinski definition) is 4. The van der Waals surface area contributed by atoms with Crippen LogP contribution >= 0.6 is 0 Å². The summed E-state index contributed by atoms with van der Waals surface area (Å²) in [6, 6.07) is 3.79. The number of anilines is 1. The molecule has 2 rings (SSSR count). The highest BCUT2D eigenvalue weighted by atomic mass is 32.2. The summed E-state index contributed by atoms with van der Waals surface area (Å²) in [5.74, 6) is 0.342. The van der Waals surface area contributed by atoms with Crippen LogP contribution in [0.4, 0.5) is 5.69 Å². The summed E-state index contributed by atoms with van der Waals surface area (Å²) in [5, 5.41) is 2.96. The molecule has 0 bridgehead atoms. The van der Waals surface area contributed by atoms with Gasteiger partial charge in [-0.05, 0) is 31.9 Å². The van der Waals surface area contributed by atoms with Gasteiger partial charge in [0.1, 0.15) is 0 Å². The lowest BCUT2D eigenvalue weighted by molar-refractivity contribution is 0.544. The number of nitrogens with zero attached hydrogens (tertiary/aromatic N) is 1. The summed E-state index contributed by atoms with van der Waals surface area (Å²) in [6.07, 6.45) is 4.33.